The zero-order chi connectivity index (χ0) is 27.6. The van der Waals surface area contributed by atoms with E-state index in [9.17, 15) is 19.2 Å². The van der Waals surface area contributed by atoms with E-state index in [1.54, 1.807) is 54.6 Å². The molecule has 1 aliphatic rings. The van der Waals surface area contributed by atoms with Crippen molar-refractivity contribution in [2.75, 3.05) is 25.9 Å². The lowest BCUT2D eigenvalue weighted by Crippen LogP contribution is -2.52. The van der Waals surface area contributed by atoms with Crippen LogP contribution in [0.1, 0.15) is 48.3 Å². The predicted octanol–water partition coefficient (Wildman–Crippen LogP) is 3.87. The van der Waals surface area contributed by atoms with Crippen molar-refractivity contribution in [3.8, 4) is 23.1 Å². The Kier molecular flexibility index (Phi) is 7.26. The number of hydrogen-bond donors (Lipinski definition) is 2. The molecule has 1 aromatic heterocycles. The number of halogens is 1. The number of ether oxygens (including phenoxy) is 2. The van der Waals surface area contributed by atoms with Crippen LogP contribution in [0.5, 0.6) is 5.75 Å². The van der Waals surface area contributed by atoms with E-state index >= 15 is 0 Å². The number of nitrogens with two attached hydrogens (primary N) is 1. The second-order valence-corrected chi connectivity index (χ2v) is 9.93. The number of nitrogens with one attached hydrogen (secondary N) is 1. The van der Waals surface area contributed by atoms with Crippen LogP contribution in [0.2, 0.25) is 0 Å². The first kappa shape index (κ1) is 26.5. The van der Waals surface area contributed by atoms with Crippen molar-refractivity contribution in [1.82, 2.24) is 20.0 Å². The van der Waals surface area contributed by atoms with Gasteiger partial charge in [0.1, 0.15) is 40.3 Å². The Morgan fingerprint density at radius 2 is 1.89 bits per heavy atom. The third-order valence-corrected chi connectivity index (χ3v) is 6.01. The van der Waals surface area contributed by atoms with Crippen molar-refractivity contribution >= 4 is 17.8 Å². The van der Waals surface area contributed by atoms with Crippen molar-refractivity contribution in [3.05, 3.63) is 65.0 Å². The standard InChI is InChI=1S/C27H29FN6O4/c1-27(2,3)38-26(36)33-14-19(15-33)34-24(30)21(12-29)23(32-34)17-7-5-16(6-8-17)13-31-25(35)20-11-18(28)9-10-22(20)37-4/h5-11,19H,13-15,30H2,1-4H3,(H,31,35). The molecule has 3 N–H and O–H groups in total. The van der Waals surface area contributed by atoms with Gasteiger partial charge in [-0.05, 0) is 44.5 Å². The first-order chi connectivity index (χ1) is 18.0. The van der Waals surface area contributed by atoms with Crippen molar-refractivity contribution in [2.45, 2.75) is 39.0 Å². The lowest BCUT2D eigenvalue weighted by atomic mass is 10.1. The van der Waals surface area contributed by atoms with Gasteiger partial charge in [-0.1, -0.05) is 24.3 Å². The summed E-state index contributed by atoms with van der Waals surface area (Å²) < 4.78 is 25.7. The van der Waals surface area contributed by atoms with Crippen LogP contribution >= 0.6 is 0 Å². The van der Waals surface area contributed by atoms with Crippen LogP contribution in [0.15, 0.2) is 42.5 Å². The number of likely N-dealkylation sites (tertiary alicyclic amines) is 1. The molecule has 0 spiro atoms. The number of nitrogens with zero attached hydrogens (tertiary/aromatic N) is 4. The second-order valence-electron chi connectivity index (χ2n) is 9.93. The Morgan fingerprint density at radius 1 is 1.21 bits per heavy atom. The average molecular weight is 521 g/mol. The summed E-state index contributed by atoms with van der Waals surface area (Å²) in [5, 5.41) is 17.1. The third kappa shape index (κ3) is 5.54. The van der Waals surface area contributed by atoms with Crippen LogP contribution < -0.4 is 15.8 Å². The number of rotatable bonds is 6. The highest BCUT2D eigenvalue weighted by molar-refractivity contribution is 5.96. The molecule has 198 valence electrons. The Balaban J connectivity index is 1.44. The highest BCUT2D eigenvalue weighted by atomic mass is 19.1. The van der Waals surface area contributed by atoms with Crippen molar-refractivity contribution in [3.63, 3.8) is 0 Å². The molecule has 2 heterocycles. The van der Waals surface area contributed by atoms with Crippen LogP contribution in [-0.4, -0.2) is 52.5 Å². The van der Waals surface area contributed by atoms with Crippen LogP contribution in [0.4, 0.5) is 15.0 Å². The van der Waals surface area contributed by atoms with Gasteiger partial charge in [0.2, 0.25) is 0 Å². The molecular weight excluding hydrogens is 491 g/mol. The van der Waals surface area contributed by atoms with Gasteiger partial charge in [0.25, 0.3) is 5.91 Å². The van der Waals surface area contributed by atoms with E-state index in [-0.39, 0.29) is 35.3 Å². The number of carbonyl (C=O) groups is 2. The molecule has 1 saturated heterocycles. The summed E-state index contributed by atoms with van der Waals surface area (Å²) in [5.41, 5.74) is 7.91. The van der Waals surface area contributed by atoms with Crippen molar-refractivity contribution in [1.29, 1.82) is 5.26 Å². The number of nitrogen functional groups attached to an aromatic ring is 1. The highest BCUT2D eigenvalue weighted by Gasteiger charge is 2.37. The SMILES string of the molecule is COc1ccc(F)cc1C(=O)NCc1ccc(-c2nn(C3CN(C(=O)OC(C)(C)C)C3)c(N)c2C#N)cc1. The van der Waals surface area contributed by atoms with E-state index in [1.165, 1.54) is 19.2 Å². The summed E-state index contributed by atoms with van der Waals surface area (Å²) in [6.07, 6.45) is -0.404. The number of anilines is 1. The first-order valence-corrected chi connectivity index (χ1v) is 12.0. The molecular formula is C27H29FN6O4. The summed E-state index contributed by atoms with van der Waals surface area (Å²) in [6, 6.07) is 12.9. The number of amides is 2. The van der Waals surface area contributed by atoms with E-state index in [0.29, 0.717) is 24.3 Å². The maximum absolute atomic E-state index is 13.6. The molecule has 0 saturated carbocycles. The van der Waals surface area contributed by atoms with E-state index in [0.717, 1.165) is 11.6 Å². The minimum atomic E-state index is -0.588. The molecule has 3 aromatic rings. The topological polar surface area (TPSA) is 136 Å². The largest absolute Gasteiger partial charge is 0.496 e. The molecule has 2 aromatic carbocycles. The van der Waals surface area contributed by atoms with Crippen molar-refractivity contribution < 1.29 is 23.5 Å². The first-order valence-electron chi connectivity index (χ1n) is 12.0. The molecule has 0 aliphatic carbocycles. The number of nitriles is 1. The fraction of sp³-hybridized carbons (Fsp3) is 0.333. The molecule has 1 fully saturated rings. The summed E-state index contributed by atoms with van der Waals surface area (Å²) in [6.45, 7) is 6.36. The fourth-order valence-corrected chi connectivity index (χ4v) is 4.04. The minimum Gasteiger partial charge on any atom is -0.496 e. The number of benzene rings is 2. The highest BCUT2D eigenvalue weighted by Crippen LogP contribution is 2.32. The number of hydrogen-bond acceptors (Lipinski definition) is 7. The molecule has 0 atom stereocenters. The van der Waals surface area contributed by atoms with E-state index < -0.39 is 23.4 Å². The van der Waals surface area contributed by atoms with Crippen LogP contribution in [0.25, 0.3) is 11.3 Å². The van der Waals surface area contributed by atoms with Gasteiger partial charge in [-0.15, -0.1) is 0 Å². The second kappa shape index (κ2) is 10.4. The average Bonchev–Trinajstić information content (AvgIpc) is 3.16. The monoisotopic (exact) mass is 520 g/mol. The zero-order valence-corrected chi connectivity index (χ0v) is 21.6. The minimum absolute atomic E-state index is 0.102. The number of aromatic nitrogens is 2. The summed E-state index contributed by atoms with van der Waals surface area (Å²) >= 11 is 0. The van der Waals surface area contributed by atoms with Gasteiger partial charge in [-0.25, -0.2) is 13.9 Å². The normalized spacial score (nSPS) is 13.4. The molecule has 38 heavy (non-hydrogen) atoms. The summed E-state index contributed by atoms with van der Waals surface area (Å²) in [4.78, 5) is 26.3. The van der Waals surface area contributed by atoms with E-state index in [1.807, 2.05) is 0 Å². The molecule has 1 aliphatic heterocycles. The molecule has 0 unspecified atom stereocenters. The Morgan fingerprint density at radius 3 is 2.50 bits per heavy atom. The van der Waals surface area contributed by atoms with Crippen LogP contribution in [-0.2, 0) is 11.3 Å². The van der Waals surface area contributed by atoms with Crippen LogP contribution in [0.3, 0.4) is 0 Å². The van der Waals surface area contributed by atoms with E-state index in [4.69, 9.17) is 15.2 Å². The molecule has 2 amide bonds. The fourth-order valence-electron chi connectivity index (χ4n) is 4.04. The Bertz CT molecular complexity index is 1400. The van der Waals surface area contributed by atoms with Gasteiger partial charge in [-0.2, -0.15) is 10.4 Å². The number of methoxy groups -OCH3 is 1. The van der Waals surface area contributed by atoms with Crippen molar-refractivity contribution in [2.24, 2.45) is 0 Å². The molecule has 0 radical (unpaired) electrons. The van der Waals surface area contributed by atoms with Gasteiger partial charge >= 0.3 is 6.09 Å². The lowest BCUT2D eigenvalue weighted by Gasteiger charge is -2.39. The van der Waals surface area contributed by atoms with Gasteiger partial charge in [0.05, 0.1) is 18.7 Å². The maximum atomic E-state index is 13.6. The molecule has 4 rings (SSSR count). The molecule has 11 heteroatoms. The molecule has 0 bridgehead atoms. The third-order valence-electron chi connectivity index (χ3n) is 6.01. The van der Waals surface area contributed by atoms with Gasteiger partial charge < -0.3 is 25.4 Å². The van der Waals surface area contributed by atoms with E-state index in [2.05, 4.69) is 16.5 Å². The zero-order valence-electron chi connectivity index (χ0n) is 21.6. The van der Waals surface area contributed by atoms with Crippen LogP contribution in [0, 0.1) is 17.1 Å². The Labute approximate surface area is 219 Å². The predicted molar refractivity (Wildman–Crippen MR) is 138 cm³/mol. The maximum Gasteiger partial charge on any atom is 0.410 e. The van der Waals surface area contributed by atoms with Gasteiger partial charge in [0, 0.05) is 25.2 Å². The summed E-state index contributed by atoms with van der Waals surface area (Å²) in [5.74, 6) is -0.495. The molecule has 10 nitrogen and oxygen atoms in total. The number of carbonyl (C=O) groups excluding carboxylic acids is 2. The van der Waals surface area contributed by atoms with Gasteiger partial charge in [-0.3, -0.25) is 4.79 Å². The Hall–Kier alpha value is -4.59. The lowest BCUT2D eigenvalue weighted by molar-refractivity contribution is -0.0000938. The quantitative estimate of drug-likeness (QED) is 0.504. The summed E-state index contributed by atoms with van der Waals surface area (Å²) in [7, 11) is 1.41. The smallest absolute Gasteiger partial charge is 0.410 e. The van der Waals surface area contributed by atoms with Gasteiger partial charge in [0.15, 0.2) is 0 Å².